The summed E-state index contributed by atoms with van der Waals surface area (Å²) in [7, 11) is 3.36. The number of hydrogen-bond donors (Lipinski definition) is 1. The van der Waals surface area contributed by atoms with E-state index in [1.807, 2.05) is 38.1 Å². The van der Waals surface area contributed by atoms with Crippen molar-refractivity contribution in [2.75, 3.05) is 27.4 Å². The van der Waals surface area contributed by atoms with E-state index in [-0.39, 0.29) is 11.7 Å². The Morgan fingerprint density at radius 2 is 1.89 bits per heavy atom. The van der Waals surface area contributed by atoms with E-state index in [4.69, 9.17) is 19.9 Å². The summed E-state index contributed by atoms with van der Waals surface area (Å²) in [6, 6.07) is 7.80. The molecule has 0 radical (unpaired) electrons. The fourth-order valence-electron chi connectivity index (χ4n) is 1.77. The molecule has 1 unspecified atom stereocenters. The molecule has 1 aromatic rings. The van der Waals surface area contributed by atoms with Crippen molar-refractivity contribution in [2.24, 2.45) is 5.73 Å². The van der Waals surface area contributed by atoms with Crippen molar-refractivity contribution in [3.8, 4) is 5.75 Å². The van der Waals surface area contributed by atoms with E-state index in [9.17, 15) is 0 Å². The lowest BCUT2D eigenvalue weighted by Gasteiger charge is -2.25. The van der Waals surface area contributed by atoms with Gasteiger partial charge in [-0.3, -0.25) is 0 Å². The van der Waals surface area contributed by atoms with E-state index in [1.165, 1.54) is 0 Å². The topological polar surface area (TPSA) is 53.7 Å². The molecule has 0 aliphatic rings. The Bertz CT molecular complexity index is 379. The van der Waals surface area contributed by atoms with Gasteiger partial charge < -0.3 is 19.9 Å². The zero-order chi connectivity index (χ0) is 14.3. The molecule has 1 aromatic carbocycles. The number of benzene rings is 1. The molecule has 1 rings (SSSR count). The summed E-state index contributed by atoms with van der Waals surface area (Å²) in [6.07, 6.45) is 0.665. The number of methoxy groups -OCH3 is 2. The molecule has 0 aromatic heterocycles. The smallest absolute Gasteiger partial charge is 0.124 e. The predicted molar refractivity (Wildman–Crippen MR) is 76.4 cm³/mol. The molecule has 0 aliphatic carbocycles. The standard InChI is InChI=1S/C15H25NO3/c1-15(2,18-4)9-10-19-14(11-16)12-7-5-6-8-13(12)17-3/h5-8,14H,9-11,16H2,1-4H3. The molecule has 4 nitrogen and oxygen atoms in total. The third kappa shape index (κ3) is 4.82. The van der Waals surface area contributed by atoms with Crippen LogP contribution in [0.4, 0.5) is 0 Å². The summed E-state index contributed by atoms with van der Waals surface area (Å²) in [5, 5.41) is 0. The summed E-state index contributed by atoms with van der Waals surface area (Å²) in [5.41, 5.74) is 6.61. The van der Waals surface area contributed by atoms with Crippen LogP contribution in [0.3, 0.4) is 0 Å². The molecule has 0 saturated heterocycles. The molecule has 0 spiro atoms. The molecule has 4 heteroatoms. The van der Waals surface area contributed by atoms with E-state index < -0.39 is 0 Å². The second-order valence-corrected chi connectivity index (χ2v) is 5.05. The van der Waals surface area contributed by atoms with Crippen LogP contribution in [-0.4, -0.2) is 33.0 Å². The molecule has 0 heterocycles. The van der Waals surface area contributed by atoms with Gasteiger partial charge >= 0.3 is 0 Å². The lowest BCUT2D eigenvalue weighted by Crippen LogP contribution is -2.26. The summed E-state index contributed by atoms with van der Waals surface area (Å²) in [5.74, 6) is 0.809. The van der Waals surface area contributed by atoms with Crippen LogP contribution >= 0.6 is 0 Å². The zero-order valence-corrected chi connectivity index (χ0v) is 12.3. The third-order valence-electron chi connectivity index (χ3n) is 3.28. The Balaban J connectivity index is 2.63. The Morgan fingerprint density at radius 3 is 2.47 bits per heavy atom. The molecule has 19 heavy (non-hydrogen) atoms. The first-order valence-electron chi connectivity index (χ1n) is 6.54. The van der Waals surface area contributed by atoms with Crippen LogP contribution in [0.2, 0.25) is 0 Å². The Morgan fingerprint density at radius 1 is 1.21 bits per heavy atom. The highest BCUT2D eigenvalue weighted by atomic mass is 16.5. The van der Waals surface area contributed by atoms with Gasteiger partial charge in [0, 0.05) is 19.2 Å². The van der Waals surface area contributed by atoms with Gasteiger partial charge in [-0.1, -0.05) is 18.2 Å². The van der Waals surface area contributed by atoms with Crippen molar-refractivity contribution in [1.29, 1.82) is 0 Å². The minimum atomic E-state index is -0.181. The van der Waals surface area contributed by atoms with Crippen molar-refractivity contribution in [2.45, 2.75) is 32.0 Å². The van der Waals surface area contributed by atoms with Crippen LogP contribution in [0.5, 0.6) is 5.75 Å². The number of nitrogens with two attached hydrogens (primary N) is 1. The first-order chi connectivity index (χ1) is 9.04. The molecule has 0 amide bonds. The van der Waals surface area contributed by atoms with Gasteiger partial charge in [0.25, 0.3) is 0 Å². The van der Waals surface area contributed by atoms with Gasteiger partial charge in [-0.15, -0.1) is 0 Å². The predicted octanol–water partition coefficient (Wildman–Crippen LogP) is 2.53. The monoisotopic (exact) mass is 267 g/mol. The van der Waals surface area contributed by atoms with Gasteiger partial charge in [-0.2, -0.15) is 0 Å². The molecule has 0 aliphatic heterocycles. The average Bonchev–Trinajstić information content (AvgIpc) is 2.43. The van der Waals surface area contributed by atoms with Crippen molar-refractivity contribution >= 4 is 0 Å². The van der Waals surface area contributed by atoms with Crippen LogP contribution < -0.4 is 10.5 Å². The van der Waals surface area contributed by atoms with Gasteiger partial charge in [0.2, 0.25) is 0 Å². The van der Waals surface area contributed by atoms with Gasteiger partial charge in [0.15, 0.2) is 0 Å². The minimum Gasteiger partial charge on any atom is -0.496 e. The van der Waals surface area contributed by atoms with E-state index in [1.54, 1.807) is 14.2 Å². The summed E-state index contributed by atoms with van der Waals surface area (Å²) in [6.45, 7) is 5.10. The average molecular weight is 267 g/mol. The maximum absolute atomic E-state index is 5.87. The Hall–Kier alpha value is -1.10. The maximum atomic E-state index is 5.87. The molecule has 1 atom stereocenters. The van der Waals surface area contributed by atoms with Crippen molar-refractivity contribution in [3.05, 3.63) is 29.8 Å². The van der Waals surface area contributed by atoms with E-state index >= 15 is 0 Å². The normalized spacial score (nSPS) is 13.3. The first-order valence-corrected chi connectivity index (χ1v) is 6.54. The fraction of sp³-hybridized carbons (Fsp3) is 0.600. The third-order valence-corrected chi connectivity index (χ3v) is 3.28. The van der Waals surface area contributed by atoms with Crippen LogP contribution in [0.1, 0.15) is 31.9 Å². The lowest BCUT2D eigenvalue weighted by molar-refractivity contribution is -0.0260. The van der Waals surface area contributed by atoms with Crippen LogP contribution in [0, 0.1) is 0 Å². The summed E-state index contributed by atoms with van der Waals surface area (Å²) in [4.78, 5) is 0. The number of ether oxygens (including phenoxy) is 3. The van der Waals surface area contributed by atoms with Crippen molar-refractivity contribution < 1.29 is 14.2 Å². The first kappa shape index (κ1) is 16.0. The van der Waals surface area contributed by atoms with Crippen LogP contribution in [-0.2, 0) is 9.47 Å². The Kier molecular flexibility index (Phi) is 6.28. The highest BCUT2D eigenvalue weighted by Gasteiger charge is 2.19. The largest absolute Gasteiger partial charge is 0.496 e. The minimum absolute atomic E-state index is 0.149. The van der Waals surface area contributed by atoms with Gasteiger partial charge in [-0.05, 0) is 26.3 Å². The number of rotatable bonds is 8. The molecule has 108 valence electrons. The van der Waals surface area contributed by atoms with Gasteiger partial charge in [0.05, 0.1) is 25.4 Å². The van der Waals surface area contributed by atoms with Gasteiger partial charge in [0.1, 0.15) is 5.75 Å². The number of hydrogen-bond acceptors (Lipinski definition) is 4. The highest BCUT2D eigenvalue weighted by molar-refractivity contribution is 5.35. The highest BCUT2D eigenvalue weighted by Crippen LogP contribution is 2.27. The van der Waals surface area contributed by atoms with Crippen molar-refractivity contribution in [3.63, 3.8) is 0 Å². The zero-order valence-electron chi connectivity index (χ0n) is 12.3. The van der Waals surface area contributed by atoms with E-state index in [0.29, 0.717) is 13.2 Å². The van der Waals surface area contributed by atoms with E-state index in [2.05, 4.69) is 0 Å². The van der Waals surface area contributed by atoms with Crippen molar-refractivity contribution in [1.82, 2.24) is 0 Å². The molecule has 0 bridgehead atoms. The fourth-order valence-corrected chi connectivity index (χ4v) is 1.77. The molecular formula is C15H25NO3. The number of para-hydroxylation sites is 1. The quantitative estimate of drug-likeness (QED) is 0.786. The molecular weight excluding hydrogens is 242 g/mol. The van der Waals surface area contributed by atoms with Crippen LogP contribution in [0.25, 0.3) is 0 Å². The lowest BCUT2D eigenvalue weighted by atomic mass is 10.1. The molecule has 0 fully saturated rings. The maximum Gasteiger partial charge on any atom is 0.124 e. The van der Waals surface area contributed by atoms with Gasteiger partial charge in [-0.25, -0.2) is 0 Å². The second-order valence-electron chi connectivity index (χ2n) is 5.05. The summed E-state index contributed by atoms with van der Waals surface area (Å²) >= 11 is 0. The second kappa shape index (κ2) is 7.48. The summed E-state index contributed by atoms with van der Waals surface area (Å²) < 4.78 is 16.6. The Labute approximate surface area is 115 Å². The molecule has 2 N–H and O–H groups in total. The molecule has 0 saturated carbocycles. The van der Waals surface area contributed by atoms with Crippen LogP contribution in [0.15, 0.2) is 24.3 Å². The SMILES string of the molecule is COc1ccccc1C(CN)OCCC(C)(C)OC. The van der Waals surface area contributed by atoms with E-state index in [0.717, 1.165) is 17.7 Å².